The summed E-state index contributed by atoms with van der Waals surface area (Å²) >= 11 is 1.30. The molecular formula is C23H24N4O3S. The predicted octanol–water partition coefficient (Wildman–Crippen LogP) is 3.73. The van der Waals surface area contributed by atoms with E-state index in [4.69, 9.17) is 9.47 Å². The topological polar surface area (TPSA) is 78.6 Å². The molecule has 4 aromatic rings. The molecule has 0 spiro atoms. The van der Waals surface area contributed by atoms with E-state index in [9.17, 15) is 4.79 Å². The number of fused-ring (bicyclic) bond motifs is 1. The number of aromatic nitrogens is 4. The maximum atomic E-state index is 12.8. The highest BCUT2D eigenvalue weighted by Crippen LogP contribution is 2.28. The van der Waals surface area contributed by atoms with Crippen molar-refractivity contribution < 1.29 is 9.47 Å². The number of unbranched alkanes of at least 4 members (excludes halogenated alkanes) is 3. The highest BCUT2D eigenvalue weighted by atomic mass is 32.1. The molecule has 0 N–H and O–H groups in total. The van der Waals surface area contributed by atoms with E-state index in [1.165, 1.54) is 28.7 Å². The van der Waals surface area contributed by atoms with Gasteiger partial charge < -0.3 is 9.47 Å². The molecule has 3 heterocycles. The normalized spacial score (nSPS) is 11.9. The van der Waals surface area contributed by atoms with Gasteiger partial charge in [-0.05, 0) is 42.3 Å². The summed E-state index contributed by atoms with van der Waals surface area (Å²) in [5, 5.41) is 4.35. The molecule has 0 amide bonds. The Morgan fingerprint density at radius 1 is 1.16 bits per heavy atom. The summed E-state index contributed by atoms with van der Waals surface area (Å²) in [6, 6.07) is 9.35. The highest BCUT2D eigenvalue weighted by molar-refractivity contribution is 7.15. The number of rotatable bonds is 9. The molecule has 1 aromatic carbocycles. The number of ether oxygens (including phenoxy) is 2. The highest BCUT2D eigenvalue weighted by Gasteiger charge is 2.12. The molecule has 31 heavy (non-hydrogen) atoms. The summed E-state index contributed by atoms with van der Waals surface area (Å²) in [6.07, 6.45) is 9.78. The minimum atomic E-state index is -0.196. The van der Waals surface area contributed by atoms with Crippen molar-refractivity contribution >= 4 is 22.4 Å². The van der Waals surface area contributed by atoms with Crippen molar-refractivity contribution in [3.05, 3.63) is 63.2 Å². The predicted molar refractivity (Wildman–Crippen MR) is 122 cm³/mol. The van der Waals surface area contributed by atoms with Crippen molar-refractivity contribution in [2.45, 2.75) is 32.6 Å². The Kier molecular flexibility index (Phi) is 6.57. The van der Waals surface area contributed by atoms with Crippen LogP contribution in [0.3, 0.4) is 0 Å². The van der Waals surface area contributed by atoms with Gasteiger partial charge in [0.15, 0.2) is 17.3 Å². The number of nitrogens with zero attached hydrogens (tertiary/aromatic N) is 4. The molecule has 0 atom stereocenters. The molecule has 7 nitrogen and oxygen atoms in total. The molecule has 0 aliphatic rings. The summed E-state index contributed by atoms with van der Waals surface area (Å²) < 4.78 is 13.2. The molecule has 160 valence electrons. The molecular weight excluding hydrogens is 412 g/mol. The van der Waals surface area contributed by atoms with Crippen molar-refractivity contribution in [1.82, 2.24) is 19.6 Å². The first-order chi connectivity index (χ1) is 15.2. The van der Waals surface area contributed by atoms with Crippen LogP contribution in [0.5, 0.6) is 11.5 Å². The zero-order valence-corrected chi connectivity index (χ0v) is 18.4. The first-order valence-corrected chi connectivity index (χ1v) is 11.1. The Morgan fingerprint density at radius 2 is 2.06 bits per heavy atom. The molecule has 4 rings (SSSR count). The van der Waals surface area contributed by atoms with Gasteiger partial charge in [-0.2, -0.15) is 9.50 Å². The average Bonchev–Trinajstić information content (AvgIpc) is 3.34. The second-order valence-electron chi connectivity index (χ2n) is 7.11. The van der Waals surface area contributed by atoms with Crippen molar-refractivity contribution in [3.8, 4) is 22.9 Å². The quantitative estimate of drug-likeness (QED) is 0.372. The zero-order valence-electron chi connectivity index (χ0n) is 17.6. The molecule has 0 fully saturated rings. The van der Waals surface area contributed by atoms with Gasteiger partial charge in [0.05, 0.1) is 18.2 Å². The van der Waals surface area contributed by atoms with E-state index in [1.807, 2.05) is 36.4 Å². The lowest BCUT2D eigenvalue weighted by molar-refractivity contribution is 0.285. The van der Waals surface area contributed by atoms with Gasteiger partial charge in [0.25, 0.3) is 5.56 Å². The van der Waals surface area contributed by atoms with Crippen LogP contribution in [0.25, 0.3) is 22.4 Å². The molecule has 0 bridgehead atoms. The lowest BCUT2D eigenvalue weighted by atomic mass is 10.2. The Hall–Kier alpha value is -3.26. The Balaban J connectivity index is 1.57. The van der Waals surface area contributed by atoms with Crippen molar-refractivity contribution in [2.75, 3.05) is 13.7 Å². The van der Waals surface area contributed by atoms with Gasteiger partial charge in [0, 0.05) is 18.0 Å². The zero-order chi connectivity index (χ0) is 21.6. The van der Waals surface area contributed by atoms with Crippen molar-refractivity contribution in [1.29, 1.82) is 0 Å². The van der Waals surface area contributed by atoms with E-state index in [0.717, 1.165) is 24.0 Å². The van der Waals surface area contributed by atoms with Gasteiger partial charge in [0.1, 0.15) is 0 Å². The number of benzene rings is 1. The summed E-state index contributed by atoms with van der Waals surface area (Å²) in [5.74, 6) is 1.85. The standard InChI is InChI=1S/C23H24N4O3S/c1-3-4-5-6-12-30-18-10-9-16(13-19(18)29-2)14-20-22(28)27-23(31-20)25-21(26-27)17-8-7-11-24-15-17/h7-11,13-15H,3-6,12H2,1-2H3/b20-14-. The lowest BCUT2D eigenvalue weighted by Gasteiger charge is -2.11. The Morgan fingerprint density at radius 3 is 2.81 bits per heavy atom. The van der Waals surface area contributed by atoms with Crippen LogP contribution in [0.15, 0.2) is 47.5 Å². The summed E-state index contributed by atoms with van der Waals surface area (Å²) in [7, 11) is 1.62. The van der Waals surface area contributed by atoms with Crippen LogP contribution in [-0.2, 0) is 0 Å². The van der Waals surface area contributed by atoms with Crippen LogP contribution in [0.4, 0.5) is 0 Å². The maximum absolute atomic E-state index is 12.8. The van der Waals surface area contributed by atoms with Crippen LogP contribution in [-0.4, -0.2) is 33.3 Å². The molecule has 0 aliphatic carbocycles. The van der Waals surface area contributed by atoms with E-state index in [1.54, 1.807) is 19.5 Å². The van der Waals surface area contributed by atoms with Crippen LogP contribution >= 0.6 is 11.3 Å². The molecule has 0 saturated heterocycles. The van der Waals surface area contributed by atoms with E-state index < -0.39 is 0 Å². The van der Waals surface area contributed by atoms with Gasteiger partial charge in [-0.3, -0.25) is 9.78 Å². The number of hydrogen-bond donors (Lipinski definition) is 0. The molecule has 0 aliphatic heterocycles. The van der Waals surface area contributed by atoms with Gasteiger partial charge >= 0.3 is 0 Å². The van der Waals surface area contributed by atoms with Crippen LogP contribution in [0, 0.1) is 0 Å². The van der Waals surface area contributed by atoms with E-state index in [2.05, 4.69) is 22.0 Å². The molecule has 8 heteroatoms. The smallest absolute Gasteiger partial charge is 0.291 e. The van der Waals surface area contributed by atoms with Crippen LogP contribution < -0.4 is 19.6 Å². The largest absolute Gasteiger partial charge is 0.493 e. The van der Waals surface area contributed by atoms with Crippen LogP contribution in [0.1, 0.15) is 38.2 Å². The third-order valence-electron chi connectivity index (χ3n) is 4.84. The number of methoxy groups -OCH3 is 1. The first-order valence-electron chi connectivity index (χ1n) is 10.3. The average molecular weight is 437 g/mol. The first kappa shape index (κ1) is 21.0. The fourth-order valence-corrected chi connectivity index (χ4v) is 4.11. The summed E-state index contributed by atoms with van der Waals surface area (Å²) in [6.45, 7) is 2.85. The van der Waals surface area contributed by atoms with Crippen molar-refractivity contribution in [3.63, 3.8) is 0 Å². The molecule has 0 radical (unpaired) electrons. The van der Waals surface area contributed by atoms with Gasteiger partial charge in [0.2, 0.25) is 4.96 Å². The number of thiazole rings is 1. The Bertz CT molecular complexity index is 1270. The third kappa shape index (κ3) is 4.74. The lowest BCUT2D eigenvalue weighted by Crippen LogP contribution is -2.23. The second kappa shape index (κ2) is 9.70. The molecule has 0 unspecified atom stereocenters. The van der Waals surface area contributed by atoms with Gasteiger partial charge in [-0.15, -0.1) is 5.10 Å². The fourth-order valence-electron chi connectivity index (χ4n) is 3.21. The third-order valence-corrected chi connectivity index (χ3v) is 5.80. The van der Waals surface area contributed by atoms with Gasteiger partial charge in [-0.25, -0.2) is 0 Å². The van der Waals surface area contributed by atoms with E-state index >= 15 is 0 Å². The van der Waals surface area contributed by atoms with Gasteiger partial charge in [-0.1, -0.05) is 43.6 Å². The molecule has 0 saturated carbocycles. The minimum absolute atomic E-state index is 0.196. The minimum Gasteiger partial charge on any atom is -0.493 e. The second-order valence-corrected chi connectivity index (χ2v) is 8.12. The van der Waals surface area contributed by atoms with E-state index in [0.29, 0.717) is 33.4 Å². The maximum Gasteiger partial charge on any atom is 0.291 e. The fraction of sp³-hybridized carbons (Fsp3) is 0.304. The SMILES string of the molecule is CCCCCCOc1ccc(/C=c2\sc3nc(-c4cccnc4)nn3c2=O)cc1OC. The summed E-state index contributed by atoms with van der Waals surface area (Å²) in [5.41, 5.74) is 1.43. The molecule has 3 aromatic heterocycles. The Labute approximate surface area is 184 Å². The monoisotopic (exact) mass is 436 g/mol. The van der Waals surface area contributed by atoms with E-state index in [-0.39, 0.29) is 5.56 Å². The number of hydrogen-bond acceptors (Lipinski definition) is 7. The summed E-state index contributed by atoms with van der Waals surface area (Å²) in [4.78, 5) is 21.9. The number of pyridine rings is 1. The van der Waals surface area contributed by atoms with Crippen LogP contribution in [0.2, 0.25) is 0 Å². The van der Waals surface area contributed by atoms with Crippen molar-refractivity contribution in [2.24, 2.45) is 0 Å².